The van der Waals surface area contributed by atoms with E-state index >= 15 is 0 Å². The van der Waals surface area contributed by atoms with Crippen LogP contribution in [0.5, 0.6) is 0 Å². The van der Waals surface area contributed by atoms with Gasteiger partial charge in [-0.2, -0.15) is 0 Å². The van der Waals surface area contributed by atoms with Crippen LogP contribution >= 0.6 is 0 Å². The van der Waals surface area contributed by atoms with Crippen LogP contribution in [-0.4, -0.2) is 23.1 Å². The van der Waals surface area contributed by atoms with E-state index in [0.717, 1.165) is 0 Å². The molecule has 0 saturated heterocycles. The molecule has 86 valence electrons. The van der Waals surface area contributed by atoms with Gasteiger partial charge in [-0.3, -0.25) is 19.2 Å². The molecule has 0 amide bonds. The van der Waals surface area contributed by atoms with Crippen LogP contribution in [0.1, 0.15) is 27.7 Å². The Labute approximate surface area is 94.4 Å². The summed E-state index contributed by atoms with van der Waals surface area (Å²) < 4.78 is 0. The molecule has 0 bridgehead atoms. The second-order valence-electron chi connectivity index (χ2n) is 3.60. The van der Waals surface area contributed by atoms with Gasteiger partial charge in [-0.05, 0) is 27.7 Å². The van der Waals surface area contributed by atoms with Crippen LogP contribution in [0.3, 0.4) is 0 Å². The molecule has 0 spiro atoms. The Bertz CT molecular complexity index is 331. The summed E-state index contributed by atoms with van der Waals surface area (Å²) in [6, 6.07) is 0. The summed E-state index contributed by atoms with van der Waals surface area (Å²) in [7, 11) is 0. The zero-order valence-electron chi connectivity index (χ0n) is 9.79. The van der Waals surface area contributed by atoms with Crippen LogP contribution < -0.4 is 0 Å². The molecule has 0 aromatic rings. The fraction of sp³-hybridized carbons (Fsp3) is 0.500. The van der Waals surface area contributed by atoms with Gasteiger partial charge >= 0.3 is 0 Å². The molecule has 0 saturated carbocycles. The molecule has 0 radical (unpaired) electrons. The van der Waals surface area contributed by atoms with Gasteiger partial charge in [-0.25, -0.2) is 0 Å². The Hall–Kier alpha value is -1.76. The van der Waals surface area contributed by atoms with E-state index in [9.17, 15) is 19.2 Å². The van der Waals surface area contributed by atoms with Gasteiger partial charge in [0.1, 0.15) is 11.8 Å². The minimum Gasteiger partial charge on any atom is -0.298 e. The zero-order valence-corrected chi connectivity index (χ0v) is 9.79. The number of rotatable bonds is 4. The van der Waals surface area contributed by atoms with Gasteiger partial charge in [0.25, 0.3) is 0 Å². The average Bonchev–Trinajstić information content (AvgIpc) is 2.09. The molecule has 0 aromatic carbocycles. The number of hydrogen-bond acceptors (Lipinski definition) is 4. The molecule has 0 aliphatic rings. The maximum absolute atomic E-state index is 11.0. The summed E-state index contributed by atoms with van der Waals surface area (Å²) in [5.74, 6) is 1.17. The van der Waals surface area contributed by atoms with Gasteiger partial charge in [-0.1, -0.05) is 11.8 Å². The van der Waals surface area contributed by atoms with Crippen LogP contribution in [0.4, 0.5) is 0 Å². The third kappa shape index (κ3) is 4.18. The summed E-state index contributed by atoms with van der Waals surface area (Å²) in [6.07, 6.45) is 0. The molecule has 0 aromatic heterocycles. The van der Waals surface area contributed by atoms with Crippen molar-refractivity contribution in [2.24, 2.45) is 11.8 Å². The largest absolute Gasteiger partial charge is 0.298 e. The molecular weight excluding hydrogens is 208 g/mol. The molecule has 0 aliphatic carbocycles. The van der Waals surface area contributed by atoms with E-state index in [1.165, 1.54) is 27.7 Å². The average molecular weight is 222 g/mol. The van der Waals surface area contributed by atoms with Crippen LogP contribution in [0.15, 0.2) is 0 Å². The first-order valence-electron chi connectivity index (χ1n) is 4.80. The molecule has 0 atom stereocenters. The van der Waals surface area contributed by atoms with Crippen LogP contribution in [0, 0.1) is 23.7 Å². The molecule has 0 rings (SSSR count). The second-order valence-corrected chi connectivity index (χ2v) is 3.60. The van der Waals surface area contributed by atoms with E-state index in [0.29, 0.717) is 0 Å². The normalized spacial score (nSPS) is 9.62. The van der Waals surface area contributed by atoms with Crippen molar-refractivity contribution >= 4 is 23.1 Å². The molecule has 0 N–H and O–H groups in total. The number of carbonyl (C=O) groups excluding carboxylic acids is 4. The van der Waals surface area contributed by atoms with Crippen molar-refractivity contribution in [3.05, 3.63) is 0 Å². The molecule has 16 heavy (non-hydrogen) atoms. The van der Waals surface area contributed by atoms with E-state index in [1.54, 1.807) is 0 Å². The summed E-state index contributed by atoms with van der Waals surface area (Å²) in [4.78, 5) is 44.2. The Balaban J connectivity index is 5.05. The van der Waals surface area contributed by atoms with Gasteiger partial charge < -0.3 is 0 Å². The van der Waals surface area contributed by atoms with Crippen LogP contribution in [-0.2, 0) is 19.2 Å². The van der Waals surface area contributed by atoms with Gasteiger partial charge in [0.05, 0.1) is 0 Å². The standard InChI is InChI=1S/C12H14O4/c1-7(13)11(8(2)14)5-6-12(9(3)15)10(4)16/h11-12H,1-4H3. The lowest BCUT2D eigenvalue weighted by Gasteiger charge is -2.03. The highest BCUT2D eigenvalue weighted by atomic mass is 16.2. The minimum atomic E-state index is -1.04. The number of hydrogen-bond donors (Lipinski definition) is 0. The molecule has 0 fully saturated rings. The van der Waals surface area contributed by atoms with E-state index in [2.05, 4.69) is 11.8 Å². The predicted molar refractivity (Wildman–Crippen MR) is 57.5 cm³/mol. The van der Waals surface area contributed by atoms with Crippen molar-refractivity contribution in [2.75, 3.05) is 0 Å². The lowest BCUT2D eigenvalue weighted by molar-refractivity contribution is -0.130. The Morgan fingerprint density at radius 2 is 0.812 bits per heavy atom. The number of ketones is 4. The molecule has 0 aliphatic heterocycles. The van der Waals surface area contributed by atoms with Crippen molar-refractivity contribution in [1.29, 1.82) is 0 Å². The van der Waals surface area contributed by atoms with Crippen molar-refractivity contribution in [3.63, 3.8) is 0 Å². The minimum absolute atomic E-state index is 0.383. The molecule has 4 nitrogen and oxygen atoms in total. The fourth-order valence-electron chi connectivity index (χ4n) is 1.15. The number of Topliss-reactive ketones (excluding diaryl/α,β-unsaturated/α-hetero) is 4. The first-order valence-corrected chi connectivity index (χ1v) is 4.80. The number of carbonyl (C=O) groups is 4. The SMILES string of the molecule is CC(=O)C(C#CC(C(C)=O)C(C)=O)C(C)=O. The highest BCUT2D eigenvalue weighted by Crippen LogP contribution is 2.02. The third-order valence-electron chi connectivity index (χ3n) is 2.00. The first-order chi connectivity index (χ1) is 7.27. The van der Waals surface area contributed by atoms with Crippen molar-refractivity contribution in [1.82, 2.24) is 0 Å². The quantitative estimate of drug-likeness (QED) is 0.515. The van der Waals surface area contributed by atoms with Gasteiger partial charge in [-0.15, -0.1) is 0 Å². The van der Waals surface area contributed by atoms with E-state index in [1.807, 2.05) is 0 Å². The summed E-state index contributed by atoms with van der Waals surface area (Å²) >= 11 is 0. The van der Waals surface area contributed by atoms with Gasteiger partial charge in [0, 0.05) is 0 Å². The third-order valence-corrected chi connectivity index (χ3v) is 2.00. The monoisotopic (exact) mass is 222 g/mol. The van der Waals surface area contributed by atoms with Crippen molar-refractivity contribution in [2.45, 2.75) is 27.7 Å². The lowest BCUT2D eigenvalue weighted by atomic mass is 9.97. The maximum atomic E-state index is 11.0. The predicted octanol–water partition coefficient (Wildman–Crippen LogP) is 0.578. The van der Waals surface area contributed by atoms with Crippen molar-refractivity contribution < 1.29 is 19.2 Å². The Kier molecular flexibility index (Phi) is 5.31. The highest BCUT2D eigenvalue weighted by molar-refractivity contribution is 6.05. The fourth-order valence-corrected chi connectivity index (χ4v) is 1.15. The zero-order chi connectivity index (χ0) is 12.9. The highest BCUT2D eigenvalue weighted by Gasteiger charge is 2.19. The Morgan fingerprint density at radius 3 is 0.938 bits per heavy atom. The van der Waals surface area contributed by atoms with Crippen LogP contribution in [0.2, 0.25) is 0 Å². The maximum Gasteiger partial charge on any atom is 0.152 e. The molecule has 4 heteroatoms. The smallest absolute Gasteiger partial charge is 0.152 e. The van der Waals surface area contributed by atoms with E-state index < -0.39 is 11.8 Å². The lowest BCUT2D eigenvalue weighted by Crippen LogP contribution is -2.20. The Morgan fingerprint density at radius 1 is 0.625 bits per heavy atom. The van der Waals surface area contributed by atoms with E-state index in [4.69, 9.17) is 0 Å². The topological polar surface area (TPSA) is 68.3 Å². The summed E-state index contributed by atoms with van der Waals surface area (Å²) in [5.41, 5.74) is 0. The second kappa shape index (κ2) is 5.96. The van der Waals surface area contributed by atoms with Gasteiger partial charge in [0.2, 0.25) is 0 Å². The van der Waals surface area contributed by atoms with Crippen LogP contribution in [0.25, 0.3) is 0 Å². The molecule has 0 heterocycles. The van der Waals surface area contributed by atoms with Crippen molar-refractivity contribution in [3.8, 4) is 11.8 Å². The molecular formula is C12H14O4. The van der Waals surface area contributed by atoms with E-state index in [-0.39, 0.29) is 23.1 Å². The summed E-state index contributed by atoms with van der Waals surface area (Å²) in [5, 5.41) is 0. The molecule has 0 unspecified atom stereocenters. The summed E-state index contributed by atoms with van der Waals surface area (Å²) in [6.45, 7) is 4.99. The van der Waals surface area contributed by atoms with Gasteiger partial charge in [0.15, 0.2) is 23.1 Å². The first kappa shape index (κ1) is 14.2.